The van der Waals surface area contributed by atoms with Gasteiger partial charge in [-0.25, -0.2) is 4.57 Å². The molecule has 0 radical (unpaired) electrons. The maximum Gasteiger partial charge on any atom is 0.469 e. The molecule has 9 atom stereocenters. The Labute approximate surface area is 214 Å². The number of hydrogen-bond donors (Lipinski definition) is 5. The predicted octanol–water partition coefficient (Wildman–Crippen LogP) is 3.89. The molecule has 8 nitrogen and oxygen atoms in total. The SMILES string of the molecule is CC(C(CCC(C)(C)O)OP(=O)(O)O)C1CCC2(O)C3=CC(=O)C4CC(O)CCC4(C)C3CCC12C. The summed E-state index contributed by atoms with van der Waals surface area (Å²) in [6.45, 7) is 9.47. The molecule has 0 aromatic rings. The first-order chi connectivity index (χ1) is 16.4. The fourth-order valence-electron chi connectivity index (χ4n) is 8.54. The number of rotatable bonds is 7. The van der Waals surface area contributed by atoms with E-state index in [4.69, 9.17) is 4.52 Å². The number of phosphoric ester groups is 1. The highest BCUT2D eigenvalue weighted by Gasteiger charge is 2.66. The van der Waals surface area contributed by atoms with E-state index < -0.39 is 36.6 Å². The van der Waals surface area contributed by atoms with Gasteiger partial charge in [0, 0.05) is 11.3 Å². The molecule has 9 unspecified atom stereocenters. The van der Waals surface area contributed by atoms with Crippen molar-refractivity contribution in [2.24, 2.45) is 34.5 Å². The van der Waals surface area contributed by atoms with Crippen molar-refractivity contribution in [3.05, 3.63) is 11.6 Å². The smallest absolute Gasteiger partial charge is 0.393 e. The molecule has 3 fully saturated rings. The number of carbonyl (C=O) groups is 1. The van der Waals surface area contributed by atoms with Crippen molar-refractivity contribution in [3.8, 4) is 0 Å². The lowest BCUT2D eigenvalue weighted by Crippen LogP contribution is -2.59. The molecular weight excluding hydrogens is 483 g/mol. The Kier molecular flexibility index (Phi) is 7.30. The topological polar surface area (TPSA) is 145 Å². The Bertz CT molecular complexity index is 952. The third-order valence-corrected chi connectivity index (χ3v) is 11.2. The molecule has 4 rings (SSSR count). The predicted molar refractivity (Wildman–Crippen MR) is 135 cm³/mol. The van der Waals surface area contributed by atoms with E-state index in [-0.39, 0.29) is 41.3 Å². The van der Waals surface area contributed by atoms with Crippen LogP contribution in [0.5, 0.6) is 0 Å². The molecule has 0 bridgehead atoms. The summed E-state index contributed by atoms with van der Waals surface area (Å²) in [5, 5.41) is 32.8. The van der Waals surface area contributed by atoms with E-state index in [9.17, 15) is 34.5 Å². The van der Waals surface area contributed by atoms with Crippen LogP contribution in [-0.2, 0) is 13.9 Å². The van der Waals surface area contributed by atoms with Gasteiger partial charge >= 0.3 is 7.82 Å². The summed E-state index contributed by atoms with van der Waals surface area (Å²) in [6, 6.07) is 0. The van der Waals surface area contributed by atoms with Crippen LogP contribution < -0.4 is 0 Å². The fraction of sp³-hybridized carbons (Fsp3) is 0.889. The van der Waals surface area contributed by atoms with Gasteiger partial charge in [0.2, 0.25) is 0 Å². The molecular formula is C27H45O8P. The quantitative estimate of drug-likeness (QED) is 0.313. The Morgan fingerprint density at radius 3 is 2.42 bits per heavy atom. The van der Waals surface area contributed by atoms with Gasteiger partial charge in [0.25, 0.3) is 0 Å². The van der Waals surface area contributed by atoms with Gasteiger partial charge in [-0.1, -0.05) is 20.8 Å². The molecule has 3 saturated carbocycles. The van der Waals surface area contributed by atoms with Crippen molar-refractivity contribution in [3.63, 3.8) is 0 Å². The number of ketones is 1. The maximum atomic E-state index is 13.3. The molecule has 0 aromatic heterocycles. The highest BCUT2D eigenvalue weighted by Crippen LogP contribution is 2.68. The van der Waals surface area contributed by atoms with Gasteiger partial charge in [-0.2, -0.15) is 0 Å². The zero-order valence-electron chi connectivity index (χ0n) is 22.3. The van der Waals surface area contributed by atoms with Crippen molar-refractivity contribution in [2.75, 3.05) is 0 Å². The maximum absolute atomic E-state index is 13.3. The van der Waals surface area contributed by atoms with Crippen LogP contribution in [0.15, 0.2) is 11.6 Å². The Morgan fingerprint density at radius 1 is 1.14 bits per heavy atom. The molecule has 36 heavy (non-hydrogen) atoms. The summed E-state index contributed by atoms with van der Waals surface area (Å²) in [4.78, 5) is 32.5. The van der Waals surface area contributed by atoms with Crippen LogP contribution in [-0.4, -0.2) is 54.3 Å². The number of fused-ring (bicyclic) bond motifs is 5. The Morgan fingerprint density at radius 2 is 1.81 bits per heavy atom. The number of aliphatic hydroxyl groups excluding tert-OH is 1. The van der Waals surface area contributed by atoms with Crippen molar-refractivity contribution in [1.29, 1.82) is 0 Å². The van der Waals surface area contributed by atoms with Crippen molar-refractivity contribution in [2.45, 2.75) is 116 Å². The van der Waals surface area contributed by atoms with Crippen LogP contribution >= 0.6 is 7.82 Å². The number of aliphatic hydroxyl groups is 3. The molecule has 0 amide bonds. The zero-order valence-corrected chi connectivity index (χ0v) is 23.2. The Balaban J connectivity index is 1.65. The molecule has 9 heteroatoms. The van der Waals surface area contributed by atoms with E-state index in [0.717, 1.165) is 24.8 Å². The minimum atomic E-state index is -4.76. The summed E-state index contributed by atoms with van der Waals surface area (Å²) in [6.07, 6.45) is 5.69. The zero-order chi connectivity index (χ0) is 26.9. The number of carbonyl (C=O) groups excluding carboxylic acids is 1. The average molecular weight is 529 g/mol. The van der Waals surface area contributed by atoms with Gasteiger partial charge in [-0.05, 0) is 106 Å². The lowest BCUT2D eigenvalue weighted by atomic mass is 9.46. The minimum Gasteiger partial charge on any atom is -0.393 e. The van der Waals surface area contributed by atoms with Crippen LogP contribution in [0.1, 0.15) is 92.4 Å². The summed E-state index contributed by atoms with van der Waals surface area (Å²) < 4.78 is 17.1. The number of allylic oxidation sites excluding steroid dienone is 1. The fourth-order valence-corrected chi connectivity index (χ4v) is 9.19. The van der Waals surface area contributed by atoms with Crippen molar-refractivity contribution in [1.82, 2.24) is 0 Å². The van der Waals surface area contributed by atoms with Crippen LogP contribution in [0.2, 0.25) is 0 Å². The normalized spacial score (nSPS) is 42.7. The highest BCUT2D eigenvalue weighted by atomic mass is 31.2. The molecule has 0 heterocycles. The first kappa shape index (κ1) is 28.4. The summed E-state index contributed by atoms with van der Waals surface area (Å²) in [7, 11) is -4.76. The van der Waals surface area contributed by atoms with Gasteiger partial charge < -0.3 is 25.1 Å². The molecule has 206 valence electrons. The van der Waals surface area contributed by atoms with Crippen LogP contribution in [0.3, 0.4) is 0 Å². The second-order valence-corrected chi connectivity index (χ2v) is 14.5. The van der Waals surface area contributed by atoms with Gasteiger partial charge in [-0.3, -0.25) is 9.32 Å². The van der Waals surface area contributed by atoms with E-state index in [1.807, 2.05) is 6.92 Å². The van der Waals surface area contributed by atoms with Crippen molar-refractivity contribution >= 4 is 13.6 Å². The lowest BCUT2D eigenvalue weighted by molar-refractivity contribution is -0.142. The molecule has 0 saturated heterocycles. The second kappa shape index (κ2) is 9.25. The van der Waals surface area contributed by atoms with E-state index in [1.54, 1.807) is 19.9 Å². The molecule has 0 aliphatic heterocycles. The summed E-state index contributed by atoms with van der Waals surface area (Å²) >= 11 is 0. The second-order valence-electron chi connectivity index (χ2n) is 13.3. The third kappa shape index (κ3) is 4.81. The number of phosphoric acid groups is 1. The molecule has 4 aliphatic rings. The molecule has 0 spiro atoms. The average Bonchev–Trinajstić information content (AvgIpc) is 3.02. The first-order valence-electron chi connectivity index (χ1n) is 13.5. The number of hydrogen-bond acceptors (Lipinski definition) is 6. The van der Waals surface area contributed by atoms with Crippen LogP contribution in [0, 0.1) is 34.5 Å². The van der Waals surface area contributed by atoms with Gasteiger partial charge in [0.05, 0.1) is 23.4 Å². The van der Waals surface area contributed by atoms with Gasteiger partial charge in [0.15, 0.2) is 5.78 Å². The molecule has 4 aliphatic carbocycles. The van der Waals surface area contributed by atoms with Gasteiger partial charge in [-0.15, -0.1) is 0 Å². The van der Waals surface area contributed by atoms with Crippen molar-refractivity contribution < 1.29 is 39.0 Å². The van der Waals surface area contributed by atoms with E-state index in [1.165, 1.54) is 0 Å². The van der Waals surface area contributed by atoms with Crippen LogP contribution in [0.4, 0.5) is 0 Å². The van der Waals surface area contributed by atoms with E-state index >= 15 is 0 Å². The van der Waals surface area contributed by atoms with E-state index in [0.29, 0.717) is 32.1 Å². The highest BCUT2D eigenvalue weighted by molar-refractivity contribution is 7.46. The van der Waals surface area contributed by atoms with E-state index in [2.05, 4.69) is 13.8 Å². The minimum absolute atomic E-state index is 0.00422. The summed E-state index contributed by atoms with van der Waals surface area (Å²) in [5.74, 6) is -0.483. The van der Waals surface area contributed by atoms with Crippen LogP contribution in [0.25, 0.3) is 0 Å². The standard InChI is InChI=1S/C27H45O8P/c1-16(23(35-36(32,33)34)9-10-24(2,3)30)18-8-13-27(31)20-15-22(29)21-14-17(28)6-11-25(21,4)19(20)7-12-26(18,27)5/h15-19,21,23,28,30-31H,6-14H2,1-5H3,(H2,32,33,34). The first-order valence-corrected chi connectivity index (χ1v) is 15.1. The third-order valence-electron chi connectivity index (χ3n) is 10.7. The summed E-state index contributed by atoms with van der Waals surface area (Å²) in [5.41, 5.74) is -2.19. The Hall–Kier alpha value is -0.600. The molecule has 5 N–H and O–H groups in total. The monoisotopic (exact) mass is 528 g/mol. The van der Waals surface area contributed by atoms with Gasteiger partial charge in [0.1, 0.15) is 0 Å². The largest absolute Gasteiger partial charge is 0.469 e. The lowest BCUT2D eigenvalue weighted by Gasteiger charge is -2.60. The molecule has 0 aromatic carbocycles.